The summed E-state index contributed by atoms with van der Waals surface area (Å²) in [5.74, 6) is -0.256. The van der Waals surface area contributed by atoms with E-state index in [0.29, 0.717) is 17.7 Å². The third-order valence-electron chi connectivity index (χ3n) is 2.88. The molecular weight excluding hydrogens is 281 g/mol. The molecule has 0 atom stereocenters. The van der Waals surface area contributed by atoms with Gasteiger partial charge in [0.25, 0.3) is 0 Å². The van der Waals surface area contributed by atoms with E-state index in [1.165, 1.54) is 6.07 Å². The summed E-state index contributed by atoms with van der Waals surface area (Å²) in [5.41, 5.74) is 9.16. The van der Waals surface area contributed by atoms with Crippen molar-refractivity contribution >= 4 is 21.6 Å². The van der Waals surface area contributed by atoms with E-state index < -0.39 is 0 Å². The van der Waals surface area contributed by atoms with Crippen molar-refractivity contribution in [2.45, 2.75) is 13.3 Å². The van der Waals surface area contributed by atoms with E-state index in [9.17, 15) is 4.39 Å². The average molecular weight is 294 g/mol. The molecule has 2 N–H and O–H groups in total. The lowest BCUT2D eigenvalue weighted by molar-refractivity contribution is 0.614. The first-order valence-electron chi connectivity index (χ1n) is 5.36. The smallest absolute Gasteiger partial charge is 0.128 e. The molecule has 17 heavy (non-hydrogen) atoms. The van der Waals surface area contributed by atoms with E-state index in [-0.39, 0.29) is 5.82 Å². The Kier molecular flexibility index (Phi) is 3.48. The van der Waals surface area contributed by atoms with E-state index in [1.807, 2.05) is 31.2 Å². The van der Waals surface area contributed by atoms with Crippen LogP contribution in [0.4, 0.5) is 10.1 Å². The number of nitrogens with two attached hydrogens (primary N) is 1. The fourth-order valence-corrected chi connectivity index (χ4v) is 2.16. The Morgan fingerprint density at radius 1 is 1.18 bits per heavy atom. The Morgan fingerprint density at radius 3 is 2.59 bits per heavy atom. The average Bonchev–Trinajstić information content (AvgIpc) is 2.32. The molecular formula is C14H13BrFN. The maximum atomic E-state index is 13.7. The molecule has 2 rings (SSSR count). The van der Waals surface area contributed by atoms with Gasteiger partial charge in [0.15, 0.2) is 0 Å². The molecule has 1 nitrogen and oxygen atoms in total. The highest BCUT2D eigenvalue weighted by Gasteiger charge is 2.11. The van der Waals surface area contributed by atoms with Crippen molar-refractivity contribution in [2.75, 3.05) is 5.73 Å². The lowest BCUT2D eigenvalue weighted by Gasteiger charge is -2.10. The third-order valence-corrected chi connectivity index (χ3v) is 3.57. The van der Waals surface area contributed by atoms with Gasteiger partial charge in [0, 0.05) is 16.5 Å². The molecule has 0 aliphatic heterocycles. The number of benzene rings is 2. The minimum atomic E-state index is -0.256. The van der Waals surface area contributed by atoms with Crippen LogP contribution in [0.3, 0.4) is 0 Å². The summed E-state index contributed by atoms with van der Waals surface area (Å²) >= 11 is 3.32. The predicted molar refractivity (Wildman–Crippen MR) is 72.5 cm³/mol. The third kappa shape index (κ3) is 2.50. The second kappa shape index (κ2) is 4.88. The molecule has 2 aromatic carbocycles. The molecule has 2 aromatic rings. The molecule has 0 spiro atoms. The van der Waals surface area contributed by atoms with Gasteiger partial charge in [-0.3, -0.25) is 0 Å². The molecule has 0 unspecified atom stereocenters. The van der Waals surface area contributed by atoms with Crippen molar-refractivity contribution in [3.05, 3.63) is 63.4 Å². The highest BCUT2D eigenvalue weighted by atomic mass is 79.9. The fraction of sp³-hybridized carbons (Fsp3) is 0.143. The van der Waals surface area contributed by atoms with E-state index in [4.69, 9.17) is 5.73 Å². The van der Waals surface area contributed by atoms with Gasteiger partial charge >= 0.3 is 0 Å². The molecule has 0 saturated heterocycles. The van der Waals surface area contributed by atoms with Crippen LogP contribution in [0, 0.1) is 12.7 Å². The molecule has 0 fully saturated rings. The highest BCUT2D eigenvalue weighted by Crippen LogP contribution is 2.28. The number of aryl methyl sites for hydroxylation is 1. The van der Waals surface area contributed by atoms with E-state index in [0.717, 1.165) is 15.6 Å². The number of rotatable bonds is 2. The SMILES string of the molecule is Cc1ccccc1Cc1c(F)ccc(Br)c1N. The number of hydrogen-bond donors (Lipinski definition) is 1. The summed E-state index contributed by atoms with van der Waals surface area (Å²) in [4.78, 5) is 0. The quantitative estimate of drug-likeness (QED) is 0.830. The van der Waals surface area contributed by atoms with Crippen LogP contribution in [-0.2, 0) is 6.42 Å². The van der Waals surface area contributed by atoms with Crippen LogP contribution in [0.2, 0.25) is 0 Å². The summed E-state index contributed by atoms with van der Waals surface area (Å²) in [5, 5.41) is 0. The molecule has 0 heterocycles. The lowest BCUT2D eigenvalue weighted by atomic mass is 9.99. The number of anilines is 1. The van der Waals surface area contributed by atoms with Crippen LogP contribution in [0.5, 0.6) is 0 Å². The normalized spacial score (nSPS) is 10.5. The number of halogens is 2. The van der Waals surface area contributed by atoms with Gasteiger partial charge in [-0.2, -0.15) is 0 Å². The minimum Gasteiger partial charge on any atom is -0.397 e. The van der Waals surface area contributed by atoms with Crippen molar-refractivity contribution in [1.29, 1.82) is 0 Å². The number of nitrogen functional groups attached to an aromatic ring is 1. The van der Waals surface area contributed by atoms with E-state index >= 15 is 0 Å². The van der Waals surface area contributed by atoms with E-state index in [1.54, 1.807) is 6.07 Å². The van der Waals surface area contributed by atoms with E-state index in [2.05, 4.69) is 15.9 Å². The zero-order valence-electron chi connectivity index (χ0n) is 9.50. The van der Waals surface area contributed by atoms with Crippen LogP contribution in [-0.4, -0.2) is 0 Å². The maximum absolute atomic E-state index is 13.7. The van der Waals surface area contributed by atoms with Crippen LogP contribution in [0.1, 0.15) is 16.7 Å². The summed E-state index contributed by atoms with van der Waals surface area (Å²) < 4.78 is 14.5. The second-order valence-electron chi connectivity index (χ2n) is 4.02. The second-order valence-corrected chi connectivity index (χ2v) is 4.88. The largest absolute Gasteiger partial charge is 0.397 e. The van der Waals surface area contributed by atoms with Crippen molar-refractivity contribution in [3.63, 3.8) is 0 Å². The Morgan fingerprint density at radius 2 is 1.88 bits per heavy atom. The first-order valence-corrected chi connectivity index (χ1v) is 6.15. The zero-order chi connectivity index (χ0) is 12.4. The van der Waals surface area contributed by atoms with Crippen molar-refractivity contribution in [3.8, 4) is 0 Å². The Balaban J connectivity index is 2.43. The Labute approximate surface area is 109 Å². The maximum Gasteiger partial charge on any atom is 0.128 e. The topological polar surface area (TPSA) is 26.0 Å². The van der Waals surface area contributed by atoms with Crippen LogP contribution in [0.15, 0.2) is 40.9 Å². The van der Waals surface area contributed by atoms with Crippen molar-refractivity contribution in [1.82, 2.24) is 0 Å². The molecule has 0 saturated carbocycles. The molecule has 0 aliphatic carbocycles. The van der Waals surface area contributed by atoms with Crippen molar-refractivity contribution < 1.29 is 4.39 Å². The van der Waals surface area contributed by atoms with Crippen LogP contribution < -0.4 is 5.73 Å². The van der Waals surface area contributed by atoms with Gasteiger partial charge in [-0.15, -0.1) is 0 Å². The molecule has 0 bridgehead atoms. The molecule has 0 aliphatic rings. The first-order chi connectivity index (χ1) is 8.09. The van der Waals surface area contributed by atoms with Gasteiger partial charge in [-0.05, 0) is 46.1 Å². The van der Waals surface area contributed by atoms with Gasteiger partial charge < -0.3 is 5.73 Å². The molecule has 0 radical (unpaired) electrons. The van der Waals surface area contributed by atoms with Crippen LogP contribution >= 0.6 is 15.9 Å². The molecule has 88 valence electrons. The lowest BCUT2D eigenvalue weighted by Crippen LogP contribution is -2.01. The number of hydrogen-bond acceptors (Lipinski definition) is 1. The van der Waals surface area contributed by atoms with Gasteiger partial charge in [0.2, 0.25) is 0 Å². The fourth-order valence-electron chi connectivity index (χ4n) is 1.79. The first kappa shape index (κ1) is 12.1. The molecule has 3 heteroatoms. The predicted octanol–water partition coefficient (Wildman–Crippen LogP) is 4.07. The van der Waals surface area contributed by atoms with Gasteiger partial charge in [-0.1, -0.05) is 24.3 Å². The zero-order valence-corrected chi connectivity index (χ0v) is 11.1. The van der Waals surface area contributed by atoms with Gasteiger partial charge in [0.05, 0.1) is 5.69 Å². The summed E-state index contributed by atoms with van der Waals surface area (Å²) in [6.45, 7) is 2.02. The van der Waals surface area contributed by atoms with Gasteiger partial charge in [0.1, 0.15) is 5.82 Å². The Bertz CT molecular complexity index is 552. The summed E-state index contributed by atoms with van der Waals surface area (Å²) in [7, 11) is 0. The Hall–Kier alpha value is -1.35. The monoisotopic (exact) mass is 293 g/mol. The summed E-state index contributed by atoms with van der Waals surface area (Å²) in [6, 6.07) is 11.0. The highest BCUT2D eigenvalue weighted by molar-refractivity contribution is 9.10. The minimum absolute atomic E-state index is 0.256. The molecule has 0 amide bonds. The standard InChI is InChI=1S/C14H13BrFN/c1-9-4-2-3-5-10(9)8-11-13(16)7-6-12(15)14(11)17/h2-7H,8,17H2,1H3. The van der Waals surface area contributed by atoms with Gasteiger partial charge in [-0.25, -0.2) is 4.39 Å². The molecule has 0 aromatic heterocycles. The summed E-state index contributed by atoms with van der Waals surface area (Å²) in [6.07, 6.45) is 0.518. The van der Waals surface area contributed by atoms with Crippen molar-refractivity contribution in [2.24, 2.45) is 0 Å². The van der Waals surface area contributed by atoms with Crippen LogP contribution in [0.25, 0.3) is 0 Å².